The minimum atomic E-state index is -1.37. The van der Waals surface area contributed by atoms with Crippen LogP contribution in [0, 0.1) is 22.9 Å². The number of hydrogen-bond donors (Lipinski definition) is 0. The molecule has 0 heterocycles. The third kappa shape index (κ3) is 4.67. The summed E-state index contributed by atoms with van der Waals surface area (Å²) in [4.78, 5) is 0. The van der Waals surface area contributed by atoms with Crippen LogP contribution in [0.5, 0.6) is 0 Å². The fraction of sp³-hybridized carbons (Fsp3) is 0.250. The maximum absolute atomic E-state index is 3.47. The number of benzene rings is 3. The molecule has 3 aromatic rings. The van der Waals surface area contributed by atoms with Crippen LogP contribution < -0.4 is 0 Å². The maximum Gasteiger partial charge on any atom is 0.129 e. The normalized spacial score (nSPS) is 11.6. The van der Waals surface area contributed by atoms with Crippen LogP contribution in [0.2, 0.25) is 39.3 Å². The third-order valence-electron chi connectivity index (χ3n) is 4.00. The van der Waals surface area contributed by atoms with E-state index in [1.54, 1.807) is 0 Å². The fourth-order valence-corrected chi connectivity index (χ4v) is 3.76. The Balaban J connectivity index is 2.18. The molecule has 0 bridgehead atoms. The Hall–Kier alpha value is -2.27. The van der Waals surface area contributed by atoms with Gasteiger partial charge in [-0.2, -0.15) is 0 Å². The molecule has 0 aliphatic heterocycles. The van der Waals surface area contributed by atoms with E-state index in [2.05, 4.69) is 111 Å². The van der Waals surface area contributed by atoms with Crippen molar-refractivity contribution >= 4 is 37.7 Å². The zero-order valence-electron chi connectivity index (χ0n) is 16.6. The molecule has 0 radical (unpaired) electrons. The first kappa shape index (κ1) is 18.5. The first-order valence-electron chi connectivity index (χ1n) is 9.14. The van der Waals surface area contributed by atoms with Crippen molar-refractivity contribution in [2.45, 2.75) is 39.3 Å². The topological polar surface area (TPSA) is 0 Å². The summed E-state index contributed by atoms with van der Waals surface area (Å²) < 4.78 is 0. The lowest BCUT2D eigenvalue weighted by molar-refractivity contribution is 1.69. The van der Waals surface area contributed by atoms with E-state index in [0.29, 0.717) is 0 Å². The van der Waals surface area contributed by atoms with E-state index in [1.165, 1.54) is 21.5 Å². The monoisotopic (exact) mass is 370 g/mol. The van der Waals surface area contributed by atoms with E-state index in [-0.39, 0.29) is 0 Å². The predicted octanol–water partition coefficient (Wildman–Crippen LogP) is 6.45. The summed E-state index contributed by atoms with van der Waals surface area (Å²) in [6.45, 7) is 13.7. The van der Waals surface area contributed by atoms with Crippen LogP contribution in [-0.4, -0.2) is 16.1 Å². The van der Waals surface area contributed by atoms with Crippen LogP contribution in [0.3, 0.4) is 0 Å². The number of rotatable bonds is 0. The fourth-order valence-electron chi connectivity index (χ4n) is 2.72. The third-order valence-corrected chi connectivity index (χ3v) is 5.75. The van der Waals surface area contributed by atoms with Crippen molar-refractivity contribution in [1.29, 1.82) is 0 Å². The largest absolute Gasteiger partial charge is 0.129 e. The molecular weight excluding hydrogens is 344 g/mol. The maximum atomic E-state index is 3.47. The lowest BCUT2D eigenvalue weighted by Crippen LogP contribution is -2.16. The first-order valence-corrected chi connectivity index (χ1v) is 16.1. The summed E-state index contributed by atoms with van der Waals surface area (Å²) in [6, 6.07) is 17.5. The lowest BCUT2D eigenvalue weighted by Gasteiger charge is -2.07. The Morgan fingerprint density at radius 1 is 0.538 bits per heavy atom. The Labute approximate surface area is 159 Å². The van der Waals surface area contributed by atoms with Gasteiger partial charge >= 0.3 is 0 Å². The Bertz CT molecular complexity index is 1010. The van der Waals surface area contributed by atoms with Crippen molar-refractivity contribution in [3.05, 3.63) is 59.7 Å². The number of fused-ring (bicyclic) bond motifs is 3. The van der Waals surface area contributed by atoms with Gasteiger partial charge in [0.25, 0.3) is 0 Å². The molecule has 26 heavy (non-hydrogen) atoms. The predicted molar refractivity (Wildman–Crippen MR) is 122 cm³/mol. The molecule has 0 atom stereocenters. The molecule has 0 fully saturated rings. The molecule has 0 unspecified atom stereocenters. The van der Waals surface area contributed by atoms with Crippen LogP contribution in [0.25, 0.3) is 21.5 Å². The van der Waals surface area contributed by atoms with Crippen molar-refractivity contribution in [3.8, 4) is 22.9 Å². The van der Waals surface area contributed by atoms with Crippen molar-refractivity contribution in [2.75, 3.05) is 0 Å². The molecule has 0 nitrogen and oxygen atoms in total. The molecule has 0 saturated heterocycles. The van der Waals surface area contributed by atoms with E-state index in [9.17, 15) is 0 Å². The molecule has 3 rings (SSSR count). The standard InChI is InChI=1S/C24H26Si2/c1-25(2,3)15-13-19-7-9-21-11-12-22-10-8-20(14-16-26(4,5)6)18-24(22)23(21)17-19/h7-12,17-18H,1-6H3. The van der Waals surface area contributed by atoms with Gasteiger partial charge in [-0.05, 0) is 45.8 Å². The summed E-state index contributed by atoms with van der Waals surface area (Å²) >= 11 is 0. The van der Waals surface area contributed by atoms with Crippen LogP contribution in [0.15, 0.2) is 48.5 Å². The van der Waals surface area contributed by atoms with E-state index in [4.69, 9.17) is 0 Å². The highest BCUT2D eigenvalue weighted by Gasteiger charge is 2.09. The van der Waals surface area contributed by atoms with Crippen LogP contribution in [-0.2, 0) is 0 Å². The molecular formula is C24H26Si2. The first-order chi connectivity index (χ1) is 12.1. The van der Waals surface area contributed by atoms with Crippen LogP contribution in [0.1, 0.15) is 11.1 Å². The van der Waals surface area contributed by atoms with Crippen molar-refractivity contribution in [2.24, 2.45) is 0 Å². The highest BCUT2D eigenvalue weighted by molar-refractivity contribution is 6.84. The molecule has 0 aromatic heterocycles. The molecule has 0 spiro atoms. The van der Waals surface area contributed by atoms with Crippen molar-refractivity contribution < 1.29 is 0 Å². The van der Waals surface area contributed by atoms with Gasteiger partial charge in [0.1, 0.15) is 16.1 Å². The SMILES string of the molecule is C[Si](C)(C)C#Cc1ccc2ccc3ccc(C#C[Si](C)(C)C)cc3c2c1. The Kier molecular flexibility index (Phi) is 4.85. The molecule has 130 valence electrons. The minimum absolute atomic E-state index is 1.10. The van der Waals surface area contributed by atoms with Crippen molar-refractivity contribution in [1.82, 2.24) is 0 Å². The molecule has 2 heteroatoms. The summed E-state index contributed by atoms with van der Waals surface area (Å²) in [5.41, 5.74) is 9.15. The van der Waals surface area contributed by atoms with Gasteiger partial charge in [-0.15, -0.1) is 11.1 Å². The van der Waals surface area contributed by atoms with Gasteiger partial charge in [-0.3, -0.25) is 0 Å². The van der Waals surface area contributed by atoms with Crippen LogP contribution >= 0.6 is 0 Å². The van der Waals surface area contributed by atoms with E-state index in [1.807, 2.05) is 0 Å². The van der Waals surface area contributed by atoms with Gasteiger partial charge in [0.2, 0.25) is 0 Å². The zero-order valence-corrected chi connectivity index (χ0v) is 18.6. The van der Waals surface area contributed by atoms with Crippen LogP contribution in [0.4, 0.5) is 0 Å². The van der Waals surface area contributed by atoms with E-state index in [0.717, 1.165) is 11.1 Å². The van der Waals surface area contributed by atoms with Gasteiger partial charge in [-0.25, -0.2) is 0 Å². The smallest absolute Gasteiger partial charge is 0.127 e. The highest BCUT2D eigenvalue weighted by atomic mass is 28.3. The van der Waals surface area contributed by atoms with E-state index < -0.39 is 16.1 Å². The molecule has 0 saturated carbocycles. The van der Waals surface area contributed by atoms with E-state index >= 15 is 0 Å². The van der Waals surface area contributed by atoms with Gasteiger partial charge < -0.3 is 0 Å². The summed E-state index contributed by atoms with van der Waals surface area (Å²) in [7, 11) is -2.75. The summed E-state index contributed by atoms with van der Waals surface area (Å²) in [5, 5.41) is 5.04. The molecule has 3 aromatic carbocycles. The molecule has 0 amide bonds. The second-order valence-electron chi connectivity index (χ2n) is 8.94. The second kappa shape index (κ2) is 6.80. The van der Waals surface area contributed by atoms with Crippen molar-refractivity contribution in [3.63, 3.8) is 0 Å². The molecule has 0 aliphatic carbocycles. The molecule has 0 N–H and O–H groups in total. The summed E-state index contributed by atoms with van der Waals surface area (Å²) in [6.07, 6.45) is 0. The zero-order chi connectivity index (χ0) is 18.9. The Morgan fingerprint density at radius 3 is 1.23 bits per heavy atom. The average molecular weight is 371 g/mol. The average Bonchev–Trinajstić information content (AvgIpc) is 2.56. The second-order valence-corrected chi connectivity index (χ2v) is 18.4. The summed E-state index contributed by atoms with van der Waals surface area (Å²) in [5.74, 6) is 6.78. The Morgan fingerprint density at radius 2 is 0.885 bits per heavy atom. The van der Waals surface area contributed by atoms with Gasteiger partial charge in [-0.1, -0.05) is 75.4 Å². The molecule has 0 aliphatic rings. The quantitative estimate of drug-likeness (QED) is 0.242. The van der Waals surface area contributed by atoms with Gasteiger partial charge in [0, 0.05) is 11.1 Å². The lowest BCUT2D eigenvalue weighted by atomic mass is 9.98. The minimum Gasteiger partial charge on any atom is -0.127 e. The number of hydrogen-bond acceptors (Lipinski definition) is 0. The van der Waals surface area contributed by atoms with Gasteiger partial charge in [0.05, 0.1) is 0 Å². The van der Waals surface area contributed by atoms with Gasteiger partial charge in [0.15, 0.2) is 0 Å². The highest BCUT2D eigenvalue weighted by Crippen LogP contribution is 2.27.